The number of piperazine rings is 1. The van der Waals surface area contributed by atoms with E-state index in [9.17, 15) is 0 Å². The van der Waals surface area contributed by atoms with Crippen LogP contribution < -0.4 is 9.64 Å². The summed E-state index contributed by atoms with van der Waals surface area (Å²) < 4.78 is 6.01. The lowest BCUT2D eigenvalue weighted by atomic mass is 10.0. The number of hydrogen-bond acceptors (Lipinski definition) is 6. The van der Waals surface area contributed by atoms with Crippen LogP contribution in [0.5, 0.6) is 5.75 Å². The first kappa shape index (κ1) is 17.6. The van der Waals surface area contributed by atoms with Crippen LogP contribution in [0.15, 0.2) is 24.3 Å². The van der Waals surface area contributed by atoms with Crippen molar-refractivity contribution in [3.05, 3.63) is 46.9 Å². The molecule has 1 fully saturated rings. The van der Waals surface area contributed by atoms with Gasteiger partial charge < -0.3 is 9.64 Å². The van der Waals surface area contributed by atoms with Gasteiger partial charge in [0.25, 0.3) is 0 Å². The molecule has 2 aromatic rings. The number of ether oxygens (including phenoxy) is 1. The maximum Gasteiger partial charge on any atom is 0.136 e. The largest absolute Gasteiger partial charge is 0.487 e. The monoisotopic (exact) mass is 370 g/mol. The molecule has 0 spiro atoms. The van der Waals surface area contributed by atoms with Crippen molar-refractivity contribution >= 4 is 17.6 Å². The van der Waals surface area contributed by atoms with Crippen LogP contribution in [-0.4, -0.2) is 59.6 Å². The quantitative estimate of drug-likeness (QED) is 0.824. The summed E-state index contributed by atoms with van der Waals surface area (Å²) in [6.45, 7) is 7.95. The lowest BCUT2D eigenvalue weighted by Crippen LogP contribution is -2.47. The topological polar surface area (TPSA) is 41.5 Å². The molecule has 0 unspecified atom stereocenters. The van der Waals surface area contributed by atoms with Gasteiger partial charge in [-0.25, -0.2) is 9.97 Å². The number of para-hydroxylation sites is 1. The second-order valence-electron chi connectivity index (χ2n) is 6.91. The molecule has 4 rings (SSSR count). The van der Waals surface area contributed by atoms with Crippen LogP contribution >= 0.6 is 11.8 Å². The van der Waals surface area contributed by atoms with Crippen LogP contribution in [0, 0.1) is 6.92 Å². The van der Waals surface area contributed by atoms with Crippen LogP contribution in [0.4, 0.5) is 5.82 Å². The molecule has 0 amide bonds. The number of rotatable bonds is 4. The minimum atomic E-state index is 0.524. The zero-order valence-corrected chi connectivity index (χ0v) is 16.4. The average molecular weight is 371 g/mol. The number of aryl methyl sites for hydroxylation is 1. The first-order valence-electron chi connectivity index (χ1n) is 9.28. The lowest BCUT2D eigenvalue weighted by Gasteiger charge is -2.36. The number of aromatic nitrogens is 2. The highest BCUT2D eigenvalue weighted by molar-refractivity contribution is 7.98. The van der Waals surface area contributed by atoms with E-state index in [-0.39, 0.29) is 0 Å². The van der Waals surface area contributed by atoms with Crippen molar-refractivity contribution in [2.24, 2.45) is 0 Å². The van der Waals surface area contributed by atoms with Gasteiger partial charge in [0.2, 0.25) is 0 Å². The van der Waals surface area contributed by atoms with Crippen molar-refractivity contribution in [1.82, 2.24) is 14.9 Å². The van der Waals surface area contributed by atoms with Gasteiger partial charge >= 0.3 is 0 Å². The van der Waals surface area contributed by atoms with Crippen molar-refractivity contribution in [3.63, 3.8) is 0 Å². The van der Waals surface area contributed by atoms with Crippen molar-refractivity contribution < 1.29 is 4.74 Å². The molecule has 0 radical (unpaired) electrons. The highest BCUT2D eigenvalue weighted by Crippen LogP contribution is 2.32. The molecule has 0 aliphatic carbocycles. The minimum Gasteiger partial charge on any atom is -0.487 e. The van der Waals surface area contributed by atoms with E-state index >= 15 is 0 Å². The van der Waals surface area contributed by atoms with Gasteiger partial charge in [0.1, 0.15) is 24.0 Å². The summed E-state index contributed by atoms with van der Waals surface area (Å²) in [6, 6.07) is 8.30. The third-order valence-corrected chi connectivity index (χ3v) is 5.76. The van der Waals surface area contributed by atoms with Crippen molar-refractivity contribution in [1.29, 1.82) is 0 Å². The van der Waals surface area contributed by atoms with E-state index in [1.54, 1.807) is 0 Å². The standard InChI is InChI=1S/C20H26N4OS/c1-15-21-18-14-25-19-6-4-3-5-16(19)13-17(18)20(22-15)24-9-7-23(8-10-24)11-12-26-2/h3-6H,7-14H2,1-2H3. The minimum absolute atomic E-state index is 0.524. The Kier molecular flexibility index (Phi) is 5.31. The van der Waals surface area contributed by atoms with Gasteiger partial charge in [-0.3, -0.25) is 4.90 Å². The molecule has 1 aromatic heterocycles. The van der Waals surface area contributed by atoms with Crippen molar-refractivity contribution in [2.75, 3.05) is 49.6 Å². The maximum absolute atomic E-state index is 6.01. The second-order valence-corrected chi connectivity index (χ2v) is 7.90. The molecule has 2 aliphatic rings. The van der Waals surface area contributed by atoms with Gasteiger partial charge in [0.05, 0.1) is 5.69 Å². The van der Waals surface area contributed by atoms with Gasteiger partial charge in [-0.15, -0.1) is 0 Å². The molecule has 5 nitrogen and oxygen atoms in total. The Morgan fingerprint density at radius 2 is 1.92 bits per heavy atom. The summed E-state index contributed by atoms with van der Waals surface area (Å²) >= 11 is 1.92. The summed E-state index contributed by atoms with van der Waals surface area (Å²) in [5.74, 6) is 4.11. The summed E-state index contributed by atoms with van der Waals surface area (Å²) in [7, 11) is 0. The second kappa shape index (κ2) is 7.84. The van der Waals surface area contributed by atoms with Crippen LogP contribution in [0.1, 0.15) is 22.6 Å². The molecule has 0 saturated carbocycles. The molecule has 0 atom stereocenters. The van der Waals surface area contributed by atoms with Gasteiger partial charge in [-0.2, -0.15) is 11.8 Å². The molecular formula is C20H26N4OS. The molecule has 1 aromatic carbocycles. The van der Waals surface area contributed by atoms with E-state index in [0.29, 0.717) is 6.61 Å². The van der Waals surface area contributed by atoms with Crippen LogP contribution in [0.25, 0.3) is 0 Å². The van der Waals surface area contributed by atoms with E-state index in [0.717, 1.165) is 55.7 Å². The van der Waals surface area contributed by atoms with Gasteiger partial charge in [-0.1, -0.05) is 18.2 Å². The smallest absolute Gasteiger partial charge is 0.136 e. The number of fused-ring (bicyclic) bond motifs is 2. The molecule has 3 heterocycles. The predicted molar refractivity (Wildman–Crippen MR) is 107 cm³/mol. The molecule has 26 heavy (non-hydrogen) atoms. The summed E-state index contributed by atoms with van der Waals surface area (Å²) in [6.07, 6.45) is 3.02. The Hall–Kier alpha value is -1.79. The Morgan fingerprint density at radius 1 is 1.12 bits per heavy atom. The number of benzene rings is 1. The fraction of sp³-hybridized carbons (Fsp3) is 0.500. The highest BCUT2D eigenvalue weighted by Gasteiger charge is 2.25. The summed E-state index contributed by atoms with van der Waals surface area (Å²) in [5, 5.41) is 0. The Morgan fingerprint density at radius 3 is 2.73 bits per heavy atom. The zero-order chi connectivity index (χ0) is 17.9. The molecule has 0 bridgehead atoms. The van der Waals surface area contributed by atoms with E-state index in [4.69, 9.17) is 14.7 Å². The third kappa shape index (κ3) is 3.67. The number of anilines is 1. The molecule has 138 valence electrons. The molecule has 6 heteroatoms. The van der Waals surface area contributed by atoms with Crippen LogP contribution in [0.3, 0.4) is 0 Å². The first-order valence-corrected chi connectivity index (χ1v) is 10.7. The number of thioether (sulfide) groups is 1. The SMILES string of the molecule is CSCCN1CCN(c2nc(C)nc3c2Cc2ccccc2OC3)CC1. The summed E-state index contributed by atoms with van der Waals surface area (Å²) in [4.78, 5) is 14.5. The highest BCUT2D eigenvalue weighted by atomic mass is 32.2. The van der Waals surface area contributed by atoms with Crippen LogP contribution in [0.2, 0.25) is 0 Å². The number of nitrogens with zero attached hydrogens (tertiary/aromatic N) is 4. The van der Waals surface area contributed by atoms with E-state index in [2.05, 4.69) is 28.2 Å². The molecule has 2 aliphatic heterocycles. The lowest BCUT2D eigenvalue weighted by molar-refractivity contribution is 0.272. The Bertz CT molecular complexity index is 774. The van der Waals surface area contributed by atoms with Crippen molar-refractivity contribution in [3.8, 4) is 5.75 Å². The molecule has 0 N–H and O–H groups in total. The average Bonchev–Trinajstić information content (AvgIpc) is 2.85. The molecule has 1 saturated heterocycles. The summed E-state index contributed by atoms with van der Waals surface area (Å²) in [5.41, 5.74) is 3.49. The van der Waals surface area contributed by atoms with E-state index in [1.165, 1.54) is 23.4 Å². The van der Waals surface area contributed by atoms with E-state index < -0.39 is 0 Å². The maximum atomic E-state index is 6.01. The van der Waals surface area contributed by atoms with E-state index in [1.807, 2.05) is 30.8 Å². The van der Waals surface area contributed by atoms with Crippen molar-refractivity contribution in [2.45, 2.75) is 20.0 Å². The first-order chi connectivity index (χ1) is 12.7. The van der Waals surface area contributed by atoms with Gasteiger partial charge in [-0.05, 0) is 24.8 Å². The van der Waals surface area contributed by atoms with Gasteiger partial charge in [0, 0.05) is 50.5 Å². The zero-order valence-electron chi connectivity index (χ0n) is 15.6. The Labute approximate surface area is 159 Å². The fourth-order valence-corrected chi connectivity index (χ4v) is 4.17. The normalized spacial score (nSPS) is 17.2. The molecular weight excluding hydrogens is 344 g/mol. The van der Waals surface area contributed by atoms with Crippen LogP contribution in [-0.2, 0) is 13.0 Å². The predicted octanol–water partition coefficient (Wildman–Crippen LogP) is 2.75. The fourth-order valence-electron chi connectivity index (χ4n) is 3.73. The Balaban J connectivity index is 1.59. The number of hydrogen-bond donors (Lipinski definition) is 0. The van der Waals surface area contributed by atoms with Gasteiger partial charge in [0.15, 0.2) is 0 Å². The third-order valence-electron chi connectivity index (χ3n) is 5.17.